The van der Waals surface area contributed by atoms with Crippen LogP contribution in [0.4, 0.5) is 5.69 Å². The summed E-state index contributed by atoms with van der Waals surface area (Å²) in [4.78, 5) is 4.59. The molecule has 0 aliphatic rings. The van der Waals surface area contributed by atoms with Gasteiger partial charge in [0.2, 0.25) is 0 Å². The Bertz CT molecular complexity index is 1120. The summed E-state index contributed by atoms with van der Waals surface area (Å²) >= 11 is 0. The molecule has 0 heterocycles. The molecule has 0 saturated carbocycles. The van der Waals surface area contributed by atoms with Crippen molar-refractivity contribution in [3.8, 4) is 11.5 Å². The van der Waals surface area contributed by atoms with Gasteiger partial charge in [-0.25, -0.2) is 0 Å². The number of benzene rings is 3. The van der Waals surface area contributed by atoms with Gasteiger partial charge in [-0.3, -0.25) is 4.99 Å². The Morgan fingerprint density at radius 3 is 2.34 bits per heavy atom. The van der Waals surface area contributed by atoms with Crippen molar-refractivity contribution in [2.24, 2.45) is 4.99 Å². The molecule has 0 aliphatic heterocycles. The minimum atomic E-state index is -3.96. The number of hydrogen-bond acceptors (Lipinski definition) is 5. The first-order chi connectivity index (χ1) is 13.9. The van der Waals surface area contributed by atoms with E-state index in [4.69, 9.17) is 8.92 Å². The second kappa shape index (κ2) is 8.92. The molecule has 0 saturated heterocycles. The Labute approximate surface area is 171 Å². The third kappa shape index (κ3) is 5.23. The topological polar surface area (TPSA) is 65.0 Å². The fourth-order valence-corrected chi connectivity index (χ4v) is 3.61. The third-order valence-corrected chi connectivity index (χ3v) is 5.49. The van der Waals surface area contributed by atoms with Gasteiger partial charge in [-0.15, -0.1) is 0 Å². The van der Waals surface area contributed by atoms with E-state index in [0.29, 0.717) is 12.4 Å². The maximum atomic E-state index is 12.6. The molecule has 0 amide bonds. The summed E-state index contributed by atoms with van der Waals surface area (Å²) in [7, 11) is -3.96. The molecule has 0 unspecified atom stereocenters. The van der Waals surface area contributed by atoms with Crippen LogP contribution in [0.25, 0.3) is 0 Å². The normalized spacial score (nSPS) is 11.6. The van der Waals surface area contributed by atoms with Crippen LogP contribution in [0.1, 0.15) is 23.6 Å². The summed E-state index contributed by atoms with van der Waals surface area (Å²) in [5, 5.41) is 0. The number of ether oxygens (including phenoxy) is 1. The van der Waals surface area contributed by atoms with E-state index in [1.807, 2.05) is 45.0 Å². The van der Waals surface area contributed by atoms with Gasteiger partial charge < -0.3 is 8.92 Å². The highest BCUT2D eigenvalue weighted by Crippen LogP contribution is 2.31. The summed E-state index contributed by atoms with van der Waals surface area (Å²) in [5.74, 6) is 0.484. The standard InChI is InChI=1S/C23H23NO4S/c1-4-27-23-15-19(16-24-21-8-6-5-7-18(21)3)11-14-22(23)28-29(25,26)20-12-9-17(2)10-13-20/h5-16H,4H2,1-3H3. The molecule has 0 spiro atoms. The number of nitrogens with zero attached hydrogens (tertiary/aromatic N) is 1. The minimum absolute atomic E-state index is 0.0933. The number of aliphatic imine (C=N–C) groups is 1. The number of rotatable bonds is 7. The average molecular weight is 410 g/mol. The van der Waals surface area contributed by atoms with Crippen LogP contribution >= 0.6 is 0 Å². The lowest BCUT2D eigenvalue weighted by molar-refractivity contribution is 0.327. The van der Waals surface area contributed by atoms with E-state index in [2.05, 4.69) is 4.99 Å². The second-order valence-corrected chi connectivity index (χ2v) is 8.08. The van der Waals surface area contributed by atoms with Gasteiger partial charge in [0.25, 0.3) is 0 Å². The Hall–Kier alpha value is -3.12. The summed E-state index contributed by atoms with van der Waals surface area (Å²) in [6.07, 6.45) is 1.71. The van der Waals surface area contributed by atoms with Gasteiger partial charge in [-0.05, 0) is 68.3 Å². The minimum Gasteiger partial charge on any atom is -0.490 e. The summed E-state index contributed by atoms with van der Waals surface area (Å²) < 4.78 is 36.2. The Morgan fingerprint density at radius 2 is 1.66 bits per heavy atom. The highest BCUT2D eigenvalue weighted by atomic mass is 32.2. The zero-order chi connectivity index (χ0) is 20.9. The van der Waals surface area contributed by atoms with Crippen molar-refractivity contribution in [3.05, 3.63) is 83.4 Å². The van der Waals surface area contributed by atoms with E-state index < -0.39 is 10.1 Å². The van der Waals surface area contributed by atoms with Crippen molar-refractivity contribution in [1.29, 1.82) is 0 Å². The highest BCUT2D eigenvalue weighted by Gasteiger charge is 2.19. The molecule has 3 aromatic rings. The Morgan fingerprint density at radius 1 is 0.931 bits per heavy atom. The van der Waals surface area contributed by atoms with E-state index in [1.165, 1.54) is 12.1 Å². The fourth-order valence-electron chi connectivity index (χ4n) is 2.67. The van der Waals surface area contributed by atoms with E-state index in [1.54, 1.807) is 36.5 Å². The summed E-state index contributed by atoms with van der Waals surface area (Å²) in [5.41, 5.74) is 3.68. The SMILES string of the molecule is CCOc1cc(C=Nc2ccccc2C)ccc1OS(=O)(=O)c1ccc(C)cc1. The first kappa shape index (κ1) is 20.6. The van der Waals surface area contributed by atoms with Crippen LogP contribution in [0.2, 0.25) is 0 Å². The molecule has 0 bridgehead atoms. The zero-order valence-electron chi connectivity index (χ0n) is 16.6. The van der Waals surface area contributed by atoms with Crippen molar-refractivity contribution < 1.29 is 17.3 Å². The molecule has 0 aromatic heterocycles. The van der Waals surface area contributed by atoms with Gasteiger partial charge in [0, 0.05) is 6.21 Å². The lowest BCUT2D eigenvalue weighted by Gasteiger charge is -2.12. The molecular formula is C23H23NO4S. The van der Waals surface area contributed by atoms with Crippen LogP contribution in [-0.4, -0.2) is 21.2 Å². The maximum absolute atomic E-state index is 12.6. The maximum Gasteiger partial charge on any atom is 0.339 e. The van der Waals surface area contributed by atoms with Gasteiger partial charge in [-0.2, -0.15) is 8.42 Å². The van der Waals surface area contributed by atoms with Crippen LogP contribution in [0.3, 0.4) is 0 Å². The van der Waals surface area contributed by atoms with Gasteiger partial charge >= 0.3 is 10.1 Å². The second-order valence-electron chi connectivity index (χ2n) is 6.53. The molecule has 0 N–H and O–H groups in total. The smallest absolute Gasteiger partial charge is 0.339 e. The lowest BCUT2D eigenvalue weighted by atomic mass is 10.2. The molecular weight excluding hydrogens is 386 g/mol. The highest BCUT2D eigenvalue weighted by molar-refractivity contribution is 7.87. The summed E-state index contributed by atoms with van der Waals surface area (Å²) in [6, 6.07) is 19.3. The van der Waals surface area contributed by atoms with Crippen molar-refractivity contribution in [3.63, 3.8) is 0 Å². The van der Waals surface area contributed by atoms with Crippen LogP contribution in [0, 0.1) is 13.8 Å². The number of para-hydroxylation sites is 1. The molecule has 6 heteroatoms. The monoisotopic (exact) mass is 409 g/mol. The Kier molecular flexibility index (Phi) is 6.34. The largest absolute Gasteiger partial charge is 0.490 e. The van der Waals surface area contributed by atoms with Crippen molar-refractivity contribution >= 4 is 22.0 Å². The molecule has 0 atom stereocenters. The molecule has 0 fully saturated rings. The molecule has 3 rings (SSSR count). The fraction of sp³-hybridized carbons (Fsp3) is 0.174. The quantitative estimate of drug-likeness (QED) is 0.396. The first-order valence-corrected chi connectivity index (χ1v) is 10.7. The van der Waals surface area contributed by atoms with Gasteiger partial charge in [0.15, 0.2) is 11.5 Å². The van der Waals surface area contributed by atoms with Crippen LogP contribution in [0.15, 0.2) is 76.6 Å². The molecule has 29 heavy (non-hydrogen) atoms. The van der Waals surface area contributed by atoms with E-state index in [9.17, 15) is 8.42 Å². The molecule has 150 valence electrons. The number of aryl methyl sites for hydroxylation is 2. The molecule has 0 aliphatic carbocycles. The molecule has 5 nitrogen and oxygen atoms in total. The van der Waals surface area contributed by atoms with Gasteiger partial charge in [-0.1, -0.05) is 35.9 Å². The predicted molar refractivity (Wildman–Crippen MR) is 115 cm³/mol. The van der Waals surface area contributed by atoms with E-state index in [-0.39, 0.29) is 10.6 Å². The van der Waals surface area contributed by atoms with Crippen LogP contribution < -0.4 is 8.92 Å². The van der Waals surface area contributed by atoms with Crippen LogP contribution in [0.5, 0.6) is 11.5 Å². The van der Waals surface area contributed by atoms with E-state index in [0.717, 1.165) is 22.4 Å². The van der Waals surface area contributed by atoms with Crippen molar-refractivity contribution in [2.75, 3.05) is 6.61 Å². The number of hydrogen-bond donors (Lipinski definition) is 0. The Balaban J connectivity index is 1.88. The molecule has 3 aromatic carbocycles. The zero-order valence-corrected chi connectivity index (χ0v) is 17.4. The van der Waals surface area contributed by atoms with Crippen molar-refractivity contribution in [2.45, 2.75) is 25.7 Å². The molecule has 0 radical (unpaired) electrons. The average Bonchev–Trinajstić information content (AvgIpc) is 2.69. The third-order valence-electron chi connectivity index (χ3n) is 4.24. The van der Waals surface area contributed by atoms with Gasteiger partial charge in [0.05, 0.1) is 12.3 Å². The van der Waals surface area contributed by atoms with Crippen LogP contribution in [-0.2, 0) is 10.1 Å². The van der Waals surface area contributed by atoms with Crippen molar-refractivity contribution in [1.82, 2.24) is 0 Å². The van der Waals surface area contributed by atoms with Gasteiger partial charge in [0.1, 0.15) is 4.90 Å². The predicted octanol–water partition coefficient (Wildman–Crippen LogP) is 5.22. The lowest BCUT2D eigenvalue weighted by Crippen LogP contribution is -2.11. The van der Waals surface area contributed by atoms with E-state index >= 15 is 0 Å². The first-order valence-electron chi connectivity index (χ1n) is 9.27. The summed E-state index contributed by atoms with van der Waals surface area (Å²) in [6.45, 7) is 6.08.